The van der Waals surface area contributed by atoms with E-state index in [-0.39, 0.29) is 0 Å². The third kappa shape index (κ3) is 2.54. The molecule has 1 aliphatic carbocycles. The quantitative estimate of drug-likeness (QED) is 0.625. The minimum atomic E-state index is -1.46. The smallest absolute Gasteiger partial charge is 0.250 e. The summed E-state index contributed by atoms with van der Waals surface area (Å²) in [4.78, 5) is 0. The highest BCUT2D eigenvalue weighted by Crippen LogP contribution is 2.32. The van der Waals surface area contributed by atoms with Crippen LogP contribution in [0, 0.1) is 5.92 Å². The Bertz CT molecular complexity index is 266. The molecule has 0 aliphatic heterocycles. The van der Waals surface area contributed by atoms with Crippen LogP contribution >= 0.6 is 0 Å². The van der Waals surface area contributed by atoms with Crippen LogP contribution in [0.4, 0.5) is 0 Å². The number of hydrogen-bond donors (Lipinski definition) is 0. The highest BCUT2D eigenvalue weighted by Gasteiger charge is 2.33. The Balaban J connectivity index is 2.80. The average Bonchev–Trinajstić information content (AvgIpc) is 2.57. The summed E-state index contributed by atoms with van der Waals surface area (Å²) >= 11 is 0. The summed E-state index contributed by atoms with van der Waals surface area (Å²) in [5, 5.41) is 0. The third-order valence-corrected chi connectivity index (χ3v) is 8.22. The van der Waals surface area contributed by atoms with E-state index in [0.717, 1.165) is 0 Å². The predicted octanol–water partition coefficient (Wildman–Crippen LogP) is 4.49. The Labute approximate surface area is 95.4 Å². The van der Waals surface area contributed by atoms with Crippen molar-refractivity contribution >= 4 is 8.32 Å². The Morgan fingerprint density at radius 1 is 1.20 bits per heavy atom. The second-order valence-electron chi connectivity index (χ2n) is 4.54. The maximum atomic E-state index is 6.43. The molecule has 1 unspecified atom stereocenters. The minimum absolute atomic E-state index is 0.488. The number of allylic oxidation sites excluding steroid dienone is 3. The maximum absolute atomic E-state index is 6.43. The molecule has 15 heavy (non-hydrogen) atoms. The van der Waals surface area contributed by atoms with Gasteiger partial charge in [-0.05, 0) is 30.6 Å². The first-order chi connectivity index (χ1) is 7.08. The molecule has 2 heteroatoms. The molecule has 1 aliphatic rings. The molecule has 0 saturated heterocycles. The summed E-state index contributed by atoms with van der Waals surface area (Å²) in [5.74, 6) is 1.73. The first kappa shape index (κ1) is 12.6. The first-order valence-corrected chi connectivity index (χ1v) is 8.69. The van der Waals surface area contributed by atoms with Crippen molar-refractivity contribution in [2.45, 2.75) is 52.8 Å². The predicted molar refractivity (Wildman–Crippen MR) is 69.3 cm³/mol. The van der Waals surface area contributed by atoms with E-state index in [1.165, 1.54) is 29.5 Å². The monoisotopic (exact) mass is 224 g/mol. The summed E-state index contributed by atoms with van der Waals surface area (Å²) < 4.78 is 6.43. The lowest BCUT2D eigenvalue weighted by molar-refractivity contribution is 0.363. The molecule has 86 valence electrons. The molecule has 1 rings (SSSR count). The first-order valence-electron chi connectivity index (χ1n) is 6.16. The molecule has 0 aromatic carbocycles. The SMILES string of the molecule is CC[Si](CC)(CC)OC1=C(C)C=CC1C. The van der Waals surface area contributed by atoms with Gasteiger partial charge in [-0.25, -0.2) is 0 Å². The minimum Gasteiger partial charge on any atom is -0.546 e. The van der Waals surface area contributed by atoms with Gasteiger partial charge in [-0.3, -0.25) is 0 Å². The zero-order valence-electron chi connectivity index (χ0n) is 10.8. The van der Waals surface area contributed by atoms with Gasteiger partial charge in [0.1, 0.15) is 0 Å². The topological polar surface area (TPSA) is 9.23 Å². The lowest BCUT2D eigenvalue weighted by Crippen LogP contribution is -2.36. The van der Waals surface area contributed by atoms with Crippen molar-refractivity contribution in [2.24, 2.45) is 5.92 Å². The maximum Gasteiger partial charge on any atom is 0.250 e. The Hall–Kier alpha value is -0.503. The molecule has 0 amide bonds. The fourth-order valence-corrected chi connectivity index (χ4v) is 4.94. The van der Waals surface area contributed by atoms with Crippen molar-refractivity contribution in [1.29, 1.82) is 0 Å². The normalized spacial score (nSPS) is 21.3. The van der Waals surface area contributed by atoms with Crippen LogP contribution in [0.5, 0.6) is 0 Å². The lowest BCUT2D eigenvalue weighted by Gasteiger charge is -2.31. The van der Waals surface area contributed by atoms with Crippen LogP contribution in [0.3, 0.4) is 0 Å². The largest absolute Gasteiger partial charge is 0.546 e. The van der Waals surface area contributed by atoms with E-state index in [2.05, 4.69) is 46.8 Å². The summed E-state index contributed by atoms with van der Waals surface area (Å²) in [7, 11) is -1.46. The molecule has 0 N–H and O–H groups in total. The molecular formula is C13H24OSi. The van der Waals surface area contributed by atoms with E-state index >= 15 is 0 Å². The standard InChI is InChI=1S/C13H24OSi/c1-6-15(7-2,8-3)14-13-11(4)9-10-12(13)5/h9-11H,6-8H2,1-5H3. The highest BCUT2D eigenvalue weighted by molar-refractivity contribution is 6.73. The van der Waals surface area contributed by atoms with Gasteiger partial charge in [-0.2, -0.15) is 0 Å². The summed E-state index contributed by atoms with van der Waals surface area (Å²) in [6, 6.07) is 3.68. The zero-order valence-corrected chi connectivity index (χ0v) is 11.8. The van der Waals surface area contributed by atoms with E-state index in [0.29, 0.717) is 5.92 Å². The zero-order chi connectivity index (χ0) is 11.5. The van der Waals surface area contributed by atoms with Crippen molar-refractivity contribution in [1.82, 2.24) is 0 Å². The molecular weight excluding hydrogens is 200 g/mol. The van der Waals surface area contributed by atoms with Crippen LogP contribution < -0.4 is 0 Å². The third-order valence-electron chi connectivity index (χ3n) is 3.70. The van der Waals surface area contributed by atoms with E-state index < -0.39 is 8.32 Å². The molecule has 0 aromatic rings. The van der Waals surface area contributed by atoms with E-state index in [1.54, 1.807) is 0 Å². The molecule has 1 atom stereocenters. The van der Waals surface area contributed by atoms with Gasteiger partial charge < -0.3 is 4.43 Å². The van der Waals surface area contributed by atoms with Crippen LogP contribution in [0.2, 0.25) is 18.1 Å². The van der Waals surface area contributed by atoms with Gasteiger partial charge in [0.25, 0.3) is 0 Å². The van der Waals surface area contributed by atoms with Gasteiger partial charge in [0.15, 0.2) is 0 Å². The van der Waals surface area contributed by atoms with Gasteiger partial charge in [-0.15, -0.1) is 0 Å². The van der Waals surface area contributed by atoms with Crippen LogP contribution in [-0.2, 0) is 4.43 Å². The Morgan fingerprint density at radius 3 is 2.07 bits per heavy atom. The second kappa shape index (κ2) is 5.02. The average molecular weight is 224 g/mol. The second-order valence-corrected chi connectivity index (χ2v) is 9.23. The van der Waals surface area contributed by atoms with Crippen molar-refractivity contribution in [3.05, 3.63) is 23.5 Å². The van der Waals surface area contributed by atoms with Gasteiger partial charge in [0.2, 0.25) is 8.32 Å². The van der Waals surface area contributed by atoms with E-state index in [4.69, 9.17) is 4.43 Å². The Kier molecular flexibility index (Phi) is 4.20. The van der Waals surface area contributed by atoms with Crippen LogP contribution in [0.15, 0.2) is 23.5 Å². The van der Waals surface area contributed by atoms with E-state index in [9.17, 15) is 0 Å². The molecule has 0 saturated carbocycles. The Morgan fingerprint density at radius 2 is 1.73 bits per heavy atom. The molecule has 1 nitrogen and oxygen atoms in total. The molecule has 0 fully saturated rings. The van der Waals surface area contributed by atoms with E-state index in [1.807, 2.05) is 0 Å². The molecule has 0 aromatic heterocycles. The fraction of sp³-hybridized carbons (Fsp3) is 0.692. The van der Waals surface area contributed by atoms with Crippen molar-refractivity contribution in [3.8, 4) is 0 Å². The highest BCUT2D eigenvalue weighted by atomic mass is 28.4. The van der Waals surface area contributed by atoms with Gasteiger partial charge in [0.05, 0.1) is 5.76 Å². The van der Waals surface area contributed by atoms with Crippen molar-refractivity contribution in [3.63, 3.8) is 0 Å². The molecule has 0 heterocycles. The van der Waals surface area contributed by atoms with Crippen LogP contribution in [0.25, 0.3) is 0 Å². The number of hydrogen-bond acceptors (Lipinski definition) is 1. The molecule has 0 bridgehead atoms. The summed E-state index contributed by atoms with van der Waals surface area (Å²) in [6.45, 7) is 11.2. The van der Waals surface area contributed by atoms with Crippen LogP contribution in [0.1, 0.15) is 34.6 Å². The van der Waals surface area contributed by atoms with Crippen molar-refractivity contribution in [2.75, 3.05) is 0 Å². The fourth-order valence-electron chi connectivity index (χ4n) is 2.19. The molecule has 0 radical (unpaired) electrons. The summed E-state index contributed by atoms with van der Waals surface area (Å²) in [5.41, 5.74) is 1.33. The molecule has 0 spiro atoms. The lowest BCUT2D eigenvalue weighted by atomic mass is 10.2. The summed E-state index contributed by atoms with van der Waals surface area (Å²) in [6.07, 6.45) is 4.44. The van der Waals surface area contributed by atoms with Gasteiger partial charge in [-0.1, -0.05) is 39.8 Å². The van der Waals surface area contributed by atoms with Gasteiger partial charge in [0, 0.05) is 5.92 Å². The van der Waals surface area contributed by atoms with Crippen molar-refractivity contribution < 1.29 is 4.43 Å². The number of rotatable bonds is 5. The van der Waals surface area contributed by atoms with Gasteiger partial charge >= 0.3 is 0 Å². The van der Waals surface area contributed by atoms with Crippen LogP contribution in [-0.4, -0.2) is 8.32 Å².